The molecule has 18 heavy (non-hydrogen) atoms. The fraction of sp³-hybridized carbons (Fsp3) is 0.231. The lowest BCUT2D eigenvalue weighted by Crippen LogP contribution is -2.25. The molecule has 0 aliphatic carbocycles. The van der Waals surface area contributed by atoms with Crippen LogP contribution >= 0.6 is 11.6 Å². The Morgan fingerprint density at radius 1 is 1.28 bits per heavy atom. The van der Waals surface area contributed by atoms with Crippen molar-refractivity contribution in [2.75, 3.05) is 11.9 Å². The number of rotatable bonds is 2. The van der Waals surface area contributed by atoms with Gasteiger partial charge in [0.05, 0.1) is 16.4 Å². The highest BCUT2D eigenvalue weighted by Crippen LogP contribution is 2.23. The maximum atomic E-state index is 6.09. The van der Waals surface area contributed by atoms with Crippen molar-refractivity contribution in [2.45, 2.75) is 13.0 Å². The monoisotopic (exact) mass is 260 g/mol. The second-order valence-corrected chi connectivity index (χ2v) is 4.60. The molecule has 0 saturated carbocycles. The molecule has 92 valence electrons. The number of nitrogens with one attached hydrogen (secondary N) is 2. The lowest BCUT2D eigenvalue weighted by molar-refractivity contribution is 0.627. The zero-order valence-corrected chi connectivity index (χ0v) is 10.5. The molecule has 1 aliphatic rings. The van der Waals surface area contributed by atoms with Gasteiger partial charge in [-0.25, -0.2) is 9.97 Å². The Morgan fingerprint density at radius 2 is 2.17 bits per heavy atom. The molecule has 4 nitrogen and oxygen atoms in total. The highest BCUT2D eigenvalue weighted by atomic mass is 35.5. The van der Waals surface area contributed by atoms with E-state index in [1.807, 2.05) is 30.5 Å². The molecule has 3 rings (SSSR count). The van der Waals surface area contributed by atoms with Crippen molar-refractivity contribution in [3.63, 3.8) is 0 Å². The predicted molar refractivity (Wildman–Crippen MR) is 72.2 cm³/mol. The molecule has 1 aliphatic heterocycles. The second kappa shape index (κ2) is 4.92. The average Bonchev–Trinajstić information content (AvgIpc) is 2.41. The summed E-state index contributed by atoms with van der Waals surface area (Å²) in [6.45, 7) is 1.82. The zero-order valence-electron chi connectivity index (χ0n) is 9.78. The Kier molecular flexibility index (Phi) is 3.13. The van der Waals surface area contributed by atoms with Crippen LogP contribution in [0.25, 0.3) is 0 Å². The summed E-state index contributed by atoms with van der Waals surface area (Å²) in [6.07, 6.45) is 2.81. The lowest BCUT2D eigenvalue weighted by Gasteiger charge is -2.16. The molecule has 0 saturated heterocycles. The van der Waals surface area contributed by atoms with Crippen molar-refractivity contribution >= 4 is 23.2 Å². The second-order valence-electron chi connectivity index (χ2n) is 4.20. The minimum absolute atomic E-state index is 0.601. The zero-order chi connectivity index (χ0) is 12.4. The van der Waals surface area contributed by atoms with Gasteiger partial charge in [0.15, 0.2) is 0 Å². The highest BCUT2D eigenvalue weighted by molar-refractivity contribution is 6.33. The fourth-order valence-electron chi connectivity index (χ4n) is 1.98. The molecular formula is C13H13ClN4. The van der Waals surface area contributed by atoms with E-state index in [9.17, 15) is 0 Å². The van der Waals surface area contributed by atoms with Gasteiger partial charge in [-0.3, -0.25) is 0 Å². The molecule has 0 amide bonds. The summed E-state index contributed by atoms with van der Waals surface area (Å²) < 4.78 is 0. The predicted octanol–water partition coefficient (Wildman–Crippen LogP) is 2.52. The maximum absolute atomic E-state index is 6.09. The molecule has 2 heterocycles. The SMILES string of the molecule is Clc1ccccc1Nc1ncc2c(n1)CCNC2. The van der Waals surface area contributed by atoms with Gasteiger partial charge in [-0.2, -0.15) is 0 Å². The molecule has 2 N–H and O–H groups in total. The third kappa shape index (κ3) is 2.30. The van der Waals surface area contributed by atoms with Gasteiger partial charge in [0.25, 0.3) is 0 Å². The van der Waals surface area contributed by atoms with E-state index >= 15 is 0 Å². The normalized spacial score (nSPS) is 14.1. The standard InChI is InChI=1S/C13H13ClN4/c14-10-3-1-2-4-12(10)18-13-16-8-9-7-15-6-5-11(9)17-13/h1-4,8,15H,5-7H2,(H,16,17,18). The van der Waals surface area contributed by atoms with Gasteiger partial charge in [-0.05, 0) is 12.1 Å². The van der Waals surface area contributed by atoms with Crippen LogP contribution in [-0.2, 0) is 13.0 Å². The van der Waals surface area contributed by atoms with Gasteiger partial charge in [-0.15, -0.1) is 0 Å². The Labute approximate surface area is 110 Å². The Morgan fingerprint density at radius 3 is 3.06 bits per heavy atom. The van der Waals surface area contributed by atoms with E-state index < -0.39 is 0 Å². The Balaban J connectivity index is 1.87. The third-order valence-corrected chi connectivity index (χ3v) is 3.26. The topological polar surface area (TPSA) is 49.8 Å². The average molecular weight is 261 g/mol. The van der Waals surface area contributed by atoms with Crippen LogP contribution in [0, 0.1) is 0 Å². The van der Waals surface area contributed by atoms with E-state index in [0.717, 1.165) is 30.9 Å². The summed E-state index contributed by atoms with van der Waals surface area (Å²) in [7, 11) is 0. The van der Waals surface area contributed by atoms with Crippen LogP contribution in [-0.4, -0.2) is 16.5 Å². The van der Waals surface area contributed by atoms with E-state index in [1.165, 1.54) is 5.56 Å². The van der Waals surface area contributed by atoms with Gasteiger partial charge in [0.1, 0.15) is 0 Å². The van der Waals surface area contributed by atoms with Crippen molar-refractivity contribution in [3.05, 3.63) is 46.7 Å². The number of fused-ring (bicyclic) bond motifs is 1. The van der Waals surface area contributed by atoms with Crippen molar-refractivity contribution in [3.8, 4) is 0 Å². The molecule has 0 spiro atoms. The lowest BCUT2D eigenvalue weighted by atomic mass is 10.1. The fourth-order valence-corrected chi connectivity index (χ4v) is 2.16. The first kappa shape index (κ1) is 11.4. The summed E-state index contributed by atoms with van der Waals surface area (Å²) >= 11 is 6.09. The molecule has 0 atom stereocenters. The van der Waals surface area contributed by atoms with Gasteiger partial charge in [-0.1, -0.05) is 23.7 Å². The maximum Gasteiger partial charge on any atom is 0.227 e. The van der Waals surface area contributed by atoms with Crippen molar-refractivity contribution in [2.24, 2.45) is 0 Å². The first-order valence-electron chi connectivity index (χ1n) is 5.90. The van der Waals surface area contributed by atoms with E-state index in [0.29, 0.717) is 11.0 Å². The van der Waals surface area contributed by atoms with E-state index in [4.69, 9.17) is 11.6 Å². The molecule has 0 bridgehead atoms. The molecular weight excluding hydrogens is 248 g/mol. The van der Waals surface area contributed by atoms with Crippen LogP contribution in [0.1, 0.15) is 11.3 Å². The Hall–Kier alpha value is -1.65. The Bertz CT molecular complexity index is 571. The van der Waals surface area contributed by atoms with Gasteiger partial charge >= 0.3 is 0 Å². The van der Waals surface area contributed by atoms with E-state index in [1.54, 1.807) is 0 Å². The molecule has 0 fully saturated rings. The number of benzene rings is 1. The smallest absolute Gasteiger partial charge is 0.227 e. The summed E-state index contributed by atoms with van der Waals surface area (Å²) in [5.74, 6) is 0.601. The van der Waals surface area contributed by atoms with Gasteiger partial charge in [0.2, 0.25) is 5.95 Å². The molecule has 2 aromatic rings. The van der Waals surface area contributed by atoms with Crippen LogP contribution in [0.3, 0.4) is 0 Å². The summed E-state index contributed by atoms with van der Waals surface area (Å²) in [5.41, 5.74) is 3.11. The third-order valence-electron chi connectivity index (χ3n) is 2.93. The highest BCUT2D eigenvalue weighted by Gasteiger charge is 2.11. The quantitative estimate of drug-likeness (QED) is 0.871. The van der Waals surface area contributed by atoms with Crippen LogP contribution in [0.15, 0.2) is 30.5 Å². The molecule has 0 unspecified atom stereocenters. The molecule has 1 aromatic heterocycles. The van der Waals surface area contributed by atoms with Gasteiger partial charge in [0, 0.05) is 31.3 Å². The first-order valence-corrected chi connectivity index (χ1v) is 6.28. The van der Waals surface area contributed by atoms with Crippen molar-refractivity contribution in [1.82, 2.24) is 15.3 Å². The number of anilines is 2. The van der Waals surface area contributed by atoms with Crippen LogP contribution < -0.4 is 10.6 Å². The number of halogens is 1. The summed E-state index contributed by atoms with van der Waals surface area (Å²) in [6, 6.07) is 7.57. The van der Waals surface area contributed by atoms with Crippen molar-refractivity contribution < 1.29 is 0 Å². The number of para-hydroxylation sites is 1. The minimum atomic E-state index is 0.601. The first-order chi connectivity index (χ1) is 8.83. The molecule has 5 heteroatoms. The minimum Gasteiger partial charge on any atom is -0.323 e. The number of aromatic nitrogens is 2. The summed E-state index contributed by atoms with van der Waals surface area (Å²) in [4.78, 5) is 8.84. The number of hydrogen-bond acceptors (Lipinski definition) is 4. The van der Waals surface area contributed by atoms with Crippen LogP contribution in [0.2, 0.25) is 5.02 Å². The number of hydrogen-bond donors (Lipinski definition) is 2. The van der Waals surface area contributed by atoms with Crippen LogP contribution in [0.5, 0.6) is 0 Å². The van der Waals surface area contributed by atoms with Gasteiger partial charge < -0.3 is 10.6 Å². The van der Waals surface area contributed by atoms with E-state index in [2.05, 4.69) is 20.6 Å². The van der Waals surface area contributed by atoms with Crippen molar-refractivity contribution in [1.29, 1.82) is 0 Å². The van der Waals surface area contributed by atoms with Crippen LogP contribution in [0.4, 0.5) is 11.6 Å². The summed E-state index contributed by atoms with van der Waals surface area (Å²) in [5, 5.41) is 7.11. The largest absolute Gasteiger partial charge is 0.323 e. The number of nitrogens with zero attached hydrogens (tertiary/aromatic N) is 2. The van der Waals surface area contributed by atoms with E-state index in [-0.39, 0.29) is 0 Å². The molecule has 1 aromatic carbocycles. The molecule has 0 radical (unpaired) electrons.